The third-order valence-electron chi connectivity index (χ3n) is 2.53. The van der Waals surface area contributed by atoms with Crippen LogP contribution in [-0.4, -0.2) is 12.6 Å². The van der Waals surface area contributed by atoms with Crippen LogP contribution in [0.15, 0.2) is 36.4 Å². The van der Waals surface area contributed by atoms with Gasteiger partial charge in [-0.1, -0.05) is 35.9 Å². The molecule has 0 spiro atoms. The highest BCUT2D eigenvalue weighted by atomic mass is 16.5. The minimum absolute atomic E-state index is 0.251. The van der Waals surface area contributed by atoms with Gasteiger partial charge in [-0.3, -0.25) is 0 Å². The second-order valence-electron chi connectivity index (χ2n) is 3.75. The number of carbonyl (C=O) groups is 1. The summed E-state index contributed by atoms with van der Waals surface area (Å²) in [5.74, 6) is -0.251. The van der Waals surface area contributed by atoms with E-state index < -0.39 is 0 Å². The second-order valence-corrected chi connectivity index (χ2v) is 3.75. The number of aryl methyl sites for hydroxylation is 1. The van der Waals surface area contributed by atoms with Gasteiger partial charge >= 0.3 is 5.97 Å². The van der Waals surface area contributed by atoms with Crippen LogP contribution < -0.4 is 0 Å². The number of hydrogen-bond acceptors (Lipinski definition) is 2. The first-order chi connectivity index (χ1) is 7.72. The van der Waals surface area contributed by atoms with Gasteiger partial charge in [-0.25, -0.2) is 4.79 Å². The van der Waals surface area contributed by atoms with E-state index in [0.717, 1.165) is 16.3 Å². The van der Waals surface area contributed by atoms with Gasteiger partial charge in [-0.05, 0) is 30.7 Å². The van der Waals surface area contributed by atoms with E-state index in [-0.39, 0.29) is 5.97 Å². The van der Waals surface area contributed by atoms with E-state index in [1.165, 1.54) is 0 Å². The van der Waals surface area contributed by atoms with Crippen molar-refractivity contribution in [2.24, 2.45) is 0 Å². The molecule has 2 aromatic rings. The normalized spacial score (nSPS) is 10.4. The maximum absolute atomic E-state index is 11.7. The molecule has 0 unspecified atom stereocenters. The molecule has 0 saturated heterocycles. The van der Waals surface area contributed by atoms with E-state index in [0.29, 0.717) is 12.2 Å². The Hall–Kier alpha value is -1.83. The summed E-state index contributed by atoms with van der Waals surface area (Å²) in [5.41, 5.74) is 1.78. The molecule has 0 radical (unpaired) electrons. The molecule has 0 aliphatic carbocycles. The summed E-state index contributed by atoms with van der Waals surface area (Å²) in [7, 11) is 0. The molecule has 2 nitrogen and oxygen atoms in total. The van der Waals surface area contributed by atoms with Crippen molar-refractivity contribution in [1.29, 1.82) is 0 Å². The van der Waals surface area contributed by atoms with E-state index in [9.17, 15) is 4.79 Å². The van der Waals surface area contributed by atoms with Crippen molar-refractivity contribution in [3.8, 4) is 0 Å². The number of hydrogen-bond donors (Lipinski definition) is 0. The van der Waals surface area contributed by atoms with Gasteiger partial charge in [-0.2, -0.15) is 0 Å². The van der Waals surface area contributed by atoms with Crippen LogP contribution in [0.4, 0.5) is 0 Å². The molecule has 0 aliphatic heterocycles. The van der Waals surface area contributed by atoms with Crippen molar-refractivity contribution in [3.05, 3.63) is 47.5 Å². The minimum Gasteiger partial charge on any atom is -0.462 e. The monoisotopic (exact) mass is 214 g/mol. The summed E-state index contributed by atoms with van der Waals surface area (Å²) in [5, 5.41) is 2.03. The number of rotatable bonds is 2. The van der Waals surface area contributed by atoms with Gasteiger partial charge in [0, 0.05) is 0 Å². The lowest BCUT2D eigenvalue weighted by Gasteiger charge is -2.06. The van der Waals surface area contributed by atoms with Gasteiger partial charge < -0.3 is 4.74 Å². The SMILES string of the molecule is CCOC(=O)c1cccc2ccc(C)cc12. The Morgan fingerprint density at radius 1 is 1.25 bits per heavy atom. The third-order valence-corrected chi connectivity index (χ3v) is 2.53. The second kappa shape index (κ2) is 4.35. The smallest absolute Gasteiger partial charge is 0.338 e. The van der Waals surface area contributed by atoms with Gasteiger partial charge in [0.1, 0.15) is 0 Å². The fraction of sp³-hybridized carbons (Fsp3) is 0.214. The fourth-order valence-electron chi connectivity index (χ4n) is 1.77. The van der Waals surface area contributed by atoms with E-state index in [1.807, 2.05) is 44.2 Å². The van der Waals surface area contributed by atoms with Crippen molar-refractivity contribution in [2.75, 3.05) is 6.61 Å². The van der Waals surface area contributed by atoms with Crippen LogP contribution >= 0.6 is 0 Å². The quantitative estimate of drug-likeness (QED) is 0.717. The summed E-state index contributed by atoms with van der Waals surface area (Å²) in [6, 6.07) is 11.8. The van der Waals surface area contributed by atoms with Crippen LogP contribution in [0.2, 0.25) is 0 Å². The summed E-state index contributed by atoms with van der Waals surface area (Å²) in [4.78, 5) is 11.7. The van der Waals surface area contributed by atoms with Crippen molar-refractivity contribution in [2.45, 2.75) is 13.8 Å². The topological polar surface area (TPSA) is 26.3 Å². The summed E-state index contributed by atoms with van der Waals surface area (Å²) in [6.45, 7) is 4.23. The van der Waals surface area contributed by atoms with Crippen molar-refractivity contribution >= 4 is 16.7 Å². The lowest BCUT2D eigenvalue weighted by molar-refractivity contribution is 0.0528. The van der Waals surface area contributed by atoms with E-state index in [4.69, 9.17) is 4.74 Å². The van der Waals surface area contributed by atoms with Crippen LogP contribution in [0.3, 0.4) is 0 Å². The first kappa shape index (κ1) is 10.7. The zero-order valence-corrected chi connectivity index (χ0v) is 9.49. The number of carbonyl (C=O) groups excluding carboxylic acids is 1. The highest BCUT2D eigenvalue weighted by Gasteiger charge is 2.10. The molecule has 0 atom stereocenters. The zero-order chi connectivity index (χ0) is 11.5. The number of esters is 1. The molecular formula is C14H14O2. The number of ether oxygens (including phenoxy) is 1. The van der Waals surface area contributed by atoms with Gasteiger partial charge in [0.2, 0.25) is 0 Å². The van der Waals surface area contributed by atoms with Crippen molar-refractivity contribution in [1.82, 2.24) is 0 Å². The highest BCUT2D eigenvalue weighted by molar-refractivity contribution is 6.04. The van der Waals surface area contributed by atoms with Crippen LogP contribution in [0.25, 0.3) is 10.8 Å². The Morgan fingerprint density at radius 3 is 2.81 bits per heavy atom. The van der Waals surface area contributed by atoms with Crippen molar-refractivity contribution < 1.29 is 9.53 Å². The third kappa shape index (κ3) is 1.91. The Bertz CT molecular complexity index is 529. The average Bonchev–Trinajstić information content (AvgIpc) is 2.28. The van der Waals surface area contributed by atoms with Crippen LogP contribution in [0.1, 0.15) is 22.8 Å². The largest absolute Gasteiger partial charge is 0.462 e. The first-order valence-electron chi connectivity index (χ1n) is 5.39. The predicted molar refractivity (Wildman–Crippen MR) is 64.6 cm³/mol. The van der Waals surface area contributed by atoms with Gasteiger partial charge in [0.05, 0.1) is 12.2 Å². The molecule has 0 saturated carbocycles. The van der Waals surface area contributed by atoms with Crippen LogP contribution in [-0.2, 0) is 4.74 Å². The standard InChI is InChI=1S/C14H14O2/c1-3-16-14(15)12-6-4-5-11-8-7-10(2)9-13(11)12/h4-9H,3H2,1-2H3. The molecule has 2 aromatic carbocycles. The molecule has 16 heavy (non-hydrogen) atoms. The summed E-state index contributed by atoms with van der Waals surface area (Å²) in [6.07, 6.45) is 0. The first-order valence-corrected chi connectivity index (χ1v) is 5.39. The molecule has 0 amide bonds. The number of benzene rings is 2. The molecule has 0 aliphatic rings. The molecule has 0 bridgehead atoms. The average molecular weight is 214 g/mol. The van der Waals surface area contributed by atoms with E-state index >= 15 is 0 Å². The molecule has 0 fully saturated rings. The maximum Gasteiger partial charge on any atom is 0.338 e. The molecule has 2 rings (SSSR count). The molecule has 0 aromatic heterocycles. The van der Waals surface area contributed by atoms with Gasteiger partial charge in [0.15, 0.2) is 0 Å². The summed E-state index contributed by atoms with van der Waals surface area (Å²) >= 11 is 0. The Labute approximate surface area is 94.8 Å². The van der Waals surface area contributed by atoms with Crippen LogP contribution in [0.5, 0.6) is 0 Å². The zero-order valence-electron chi connectivity index (χ0n) is 9.49. The molecule has 0 heterocycles. The lowest BCUT2D eigenvalue weighted by atomic mass is 10.0. The molecule has 0 N–H and O–H groups in total. The highest BCUT2D eigenvalue weighted by Crippen LogP contribution is 2.20. The van der Waals surface area contributed by atoms with E-state index in [2.05, 4.69) is 0 Å². The Kier molecular flexibility index (Phi) is 2.91. The molecular weight excluding hydrogens is 200 g/mol. The van der Waals surface area contributed by atoms with Crippen LogP contribution in [0, 0.1) is 6.92 Å². The van der Waals surface area contributed by atoms with Gasteiger partial charge in [0.25, 0.3) is 0 Å². The predicted octanol–water partition coefficient (Wildman–Crippen LogP) is 3.32. The Morgan fingerprint density at radius 2 is 2.06 bits per heavy atom. The Balaban J connectivity index is 2.60. The minimum atomic E-state index is -0.251. The van der Waals surface area contributed by atoms with Crippen molar-refractivity contribution in [3.63, 3.8) is 0 Å². The number of fused-ring (bicyclic) bond motifs is 1. The molecule has 2 heteroatoms. The summed E-state index contributed by atoms with van der Waals surface area (Å²) < 4.78 is 5.04. The molecule has 82 valence electrons. The van der Waals surface area contributed by atoms with E-state index in [1.54, 1.807) is 6.07 Å². The lowest BCUT2D eigenvalue weighted by Crippen LogP contribution is -2.05. The maximum atomic E-state index is 11.7. The van der Waals surface area contributed by atoms with Gasteiger partial charge in [-0.15, -0.1) is 0 Å². The fourth-order valence-corrected chi connectivity index (χ4v) is 1.77.